The lowest BCUT2D eigenvalue weighted by atomic mass is 10.3. The second-order valence-electron chi connectivity index (χ2n) is 5.43. The van der Waals surface area contributed by atoms with Gasteiger partial charge in [0.2, 0.25) is 10.0 Å². The van der Waals surface area contributed by atoms with Gasteiger partial charge in [-0.05, 0) is 26.7 Å². The number of aryl methyl sites for hydroxylation is 2. The van der Waals surface area contributed by atoms with Crippen molar-refractivity contribution in [3.8, 4) is 0 Å². The van der Waals surface area contributed by atoms with E-state index in [0.29, 0.717) is 4.96 Å². The Labute approximate surface area is 126 Å². The predicted octanol–water partition coefficient (Wildman–Crippen LogP) is 1.59. The van der Waals surface area contributed by atoms with Gasteiger partial charge in [0.15, 0.2) is 9.86 Å². The van der Waals surface area contributed by atoms with E-state index in [1.165, 1.54) is 15.7 Å². The van der Waals surface area contributed by atoms with Gasteiger partial charge in [-0.3, -0.25) is 9.20 Å². The van der Waals surface area contributed by atoms with Gasteiger partial charge in [0.25, 0.3) is 5.56 Å². The number of rotatable bonds is 3. The summed E-state index contributed by atoms with van der Waals surface area (Å²) < 4.78 is 29.0. The summed E-state index contributed by atoms with van der Waals surface area (Å²) in [5.74, 6) is 0. The summed E-state index contributed by atoms with van der Waals surface area (Å²) in [6.07, 6.45) is 5.32. The summed E-state index contributed by atoms with van der Waals surface area (Å²) in [4.78, 5) is 18.0. The van der Waals surface area contributed by atoms with Crippen LogP contribution in [0.5, 0.6) is 0 Å². The first kappa shape index (κ1) is 14.7. The van der Waals surface area contributed by atoms with Crippen LogP contribution in [0, 0.1) is 13.8 Å². The maximum atomic E-state index is 12.5. The molecule has 1 saturated carbocycles. The molecule has 114 valence electrons. The molecule has 3 rings (SSSR count). The normalized spacial score (nSPS) is 16.9. The van der Waals surface area contributed by atoms with Crippen LogP contribution in [0.3, 0.4) is 0 Å². The number of fused-ring (bicyclic) bond motifs is 1. The standard InChI is InChI=1S/C13H17N3O3S2/c1-8-7-16-12(17)11(9(2)14-13(16)20-8)21(18,19)15-10-5-3-4-6-10/h7,10,15H,3-6H2,1-2H3. The Kier molecular flexibility index (Phi) is 3.62. The van der Waals surface area contributed by atoms with E-state index in [0.717, 1.165) is 30.6 Å². The molecule has 0 aliphatic heterocycles. The molecule has 2 heterocycles. The quantitative estimate of drug-likeness (QED) is 0.928. The molecule has 6 nitrogen and oxygen atoms in total. The minimum absolute atomic E-state index is 0.0706. The summed E-state index contributed by atoms with van der Waals surface area (Å²) in [6, 6.07) is -0.0706. The second kappa shape index (κ2) is 5.19. The molecule has 0 unspecified atom stereocenters. The van der Waals surface area contributed by atoms with Gasteiger partial charge in [-0.15, -0.1) is 11.3 Å². The first-order valence-electron chi connectivity index (χ1n) is 6.90. The van der Waals surface area contributed by atoms with Crippen LogP contribution in [0.2, 0.25) is 0 Å². The van der Waals surface area contributed by atoms with Crippen LogP contribution in [0.15, 0.2) is 15.9 Å². The van der Waals surface area contributed by atoms with Crippen LogP contribution in [0.1, 0.15) is 36.3 Å². The van der Waals surface area contributed by atoms with E-state index in [9.17, 15) is 13.2 Å². The highest BCUT2D eigenvalue weighted by Gasteiger charge is 2.28. The lowest BCUT2D eigenvalue weighted by Crippen LogP contribution is -2.37. The average Bonchev–Trinajstić information content (AvgIpc) is 2.97. The highest BCUT2D eigenvalue weighted by Crippen LogP contribution is 2.21. The molecule has 0 spiro atoms. The molecular formula is C13H17N3O3S2. The molecule has 0 bridgehead atoms. The first-order valence-corrected chi connectivity index (χ1v) is 9.20. The number of nitrogens with zero attached hydrogens (tertiary/aromatic N) is 2. The van der Waals surface area contributed by atoms with Crippen molar-refractivity contribution in [2.45, 2.75) is 50.5 Å². The Morgan fingerprint density at radius 1 is 1.33 bits per heavy atom. The molecule has 21 heavy (non-hydrogen) atoms. The number of aromatic nitrogens is 2. The van der Waals surface area contributed by atoms with Gasteiger partial charge in [-0.2, -0.15) is 0 Å². The molecule has 0 radical (unpaired) electrons. The maximum absolute atomic E-state index is 12.5. The van der Waals surface area contributed by atoms with Gasteiger partial charge < -0.3 is 0 Å². The number of sulfonamides is 1. The van der Waals surface area contributed by atoms with Crippen molar-refractivity contribution < 1.29 is 8.42 Å². The minimum atomic E-state index is -3.83. The zero-order chi connectivity index (χ0) is 15.2. The molecule has 0 aromatic carbocycles. The summed E-state index contributed by atoms with van der Waals surface area (Å²) >= 11 is 1.37. The number of thiazole rings is 1. The zero-order valence-corrected chi connectivity index (χ0v) is 13.6. The molecule has 0 saturated heterocycles. The Balaban J connectivity index is 2.12. The van der Waals surface area contributed by atoms with Gasteiger partial charge in [-0.1, -0.05) is 12.8 Å². The largest absolute Gasteiger partial charge is 0.279 e. The van der Waals surface area contributed by atoms with Crippen molar-refractivity contribution in [1.82, 2.24) is 14.1 Å². The smallest absolute Gasteiger partial charge is 0.267 e. The highest BCUT2D eigenvalue weighted by molar-refractivity contribution is 7.89. The van der Waals surface area contributed by atoms with E-state index in [1.807, 2.05) is 6.92 Å². The fraction of sp³-hybridized carbons (Fsp3) is 0.538. The second-order valence-corrected chi connectivity index (χ2v) is 8.29. The molecule has 1 aliphatic rings. The lowest BCUT2D eigenvalue weighted by Gasteiger charge is -2.13. The summed E-state index contributed by atoms with van der Waals surface area (Å²) in [7, 11) is -3.83. The lowest BCUT2D eigenvalue weighted by molar-refractivity contribution is 0.549. The predicted molar refractivity (Wildman–Crippen MR) is 81.4 cm³/mol. The highest BCUT2D eigenvalue weighted by atomic mass is 32.2. The van der Waals surface area contributed by atoms with Gasteiger partial charge in [0.1, 0.15) is 0 Å². The van der Waals surface area contributed by atoms with Crippen LogP contribution in [0.25, 0.3) is 4.96 Å². The van der Waals surface area contributed by atoms with Gasteiger partial charge in [0, 0.05) is 17.1 Å². The molecular weight excluding hydrogens is 310 g/mol. The maximum Gasteiger partial charge on any atom is 0.279 e. The zero-order valence-electron chi connectivity index (χ0n) is 11.9. The fourth-order valence-electron chi connectivity index (χ4n) is 2.77. The Morgan fingerprint density at radius 3 is 2.67 bits per heavy atom. The van der Waals surface area contributed by atoms with Gasteiger partial charge in [-0.25, -0.2) is 18.1 Å². The molecule has 1 aliphatic carbocycles. The van der Waals surface area contributed by atoms with E-state index in [4.69, 9.17) is 0 Å². The molecule has 2 aromatic rings. The van der Waals surface area contributed by atoms with Crippen LogP contribution >= 0.6 is 11.3 Å². The average molecular weight is 327 g/mol. The summed E-state index contributed by atoms with van der Waals surface area (Å²) in [6.45, 7) is 3.43. The van der Waals surface area contributed by atoms with E-state index < -0.39 is 15.6 Å². The summed E-state index contributed by atoms with van der Waals surface area (Å²) in [5, 5.41) is 0. The molecule has 0 atom stereocenters. The van der Waals surface area contributed by atoms with E-state index in [-0.39, 0.29) is 16.6 Å². The third-order valence-corrected chi connectivity index (χ3v) is 6.27. The minimum Gasteiger partial charge on any atom is -0.267 e. The number of hydrogen-bond donors (Lipinski definition) is 1. The molecule has 1 fully saturated rings. The van der Waals surface area contributed by atoms with Crippen molar-refractivity contribution in [2.75, 3.05) is 0 Å². The first-order chi connectivity index (χ1) is 9.88. The van der Waals surface area contributed by atoms with Crippen molar-refractivity contribution in [2.24, 2.45) is 0 Å². The molecule has 2 aromatic heterocycles. The Hall–Kier alpha value is -1.25. The van der Waals surface area contributed by atoms with E-state index >= 15 is 0 Å². The van der Waals surface area contributed by atoms with Crippen molar-refractivity contribution in [3.63, 3.8) is 0 Å². The van der Waals surface area contributed by atoms with E-state index in [1.54, 1.807) is 13.1 Å². The van der Waals surface area contributed by atoms with Gasteiger partial charge >= 0.3 is 0 Å². The number of hydrogen-bond acceptors (Lipinski definition) is 5. The number of nitrogens with one attached hydrogen (secondary N) is 1. The molecule has 1 N–H and O–H groups in total. The fourth-order valence-corrected chi connectivity index (χ4v) is 5.19. The van der Waals surface area contributed by atoms with Crippen LogP contribution in [-0.2, 0) is 10.0 Å². The van der Waals surface area contributed by atoms with Gasteiger partial charge in [0.05, 0.1) is 5.69 Å². The van der Waals surface area contributed by atoms with Crippen LogP contribution in [0.4, 0.5) is 0 Å². The monoisotopic (exact) mass is 327 g/mol. The van der Waals surface area contributed by atoms with Crippen molar-refractivity contribution in [1.29, 1.82) is 0 Å². The Bertz CT molecular complexity index is 845. The third-order valence-electron chi connectivity index (χ3n) is 3.72. The topological polar surface area (TPSA) is 80.5 Å². The SMILES string of the molecule is Cc1cn2c(=O)c(S(=O)(=O)NC3CCCC3)c(C)nc2s1. The molecule has 0 amide bonds. The third kappa shape index (κ3) is 2.63. The van der Waals surface area contributed by atoms with Crippen molar-refractivity contribution >= 4 is 26.3 Å². The van der Waals surface area contributed by atoms with Crippen LogP contribution < -0.4 is 10.3 Å². The van der Waals surface area contributed by atoms with Crippen molar-refractivity contribution in [3.05, 3.63) is 27.1 Å². The molecule has 8 heteroatoms. The van der Waals surface area contributed by atoms with E-state index in [2.05, 4.69) is 9.71 Å². The summed E-state index contributed by atoms with van der Waals surface area (Å²) in [5.41, 5.74) is -0.264. The Morgan fingerprint density at radius 2 is 2.00 bits per heavy atom. The van der Waals surface area contributed by atoms with Crippen LogP contribution in [-0.4, -0.2) is 23.8 Å².